The molecule has 0 aromatic heterocycles. The summed E-state index contributed by atoms with van der Waals surface area (Å²) in [5.74, 6) is 0.515. The Morgan fingerprint density at radius 1 is 1.33 bits per heavy atom. The molecule has 0 spiro atoms. The van der Waals surface area contributed by atoms with Crippen LogP contribution < -0.4 is 14.8 Å². The van der Waals surface area contributed by atoms with Crippen molar-refractivity contribution in [2.75, 3.05) is 21.3 Å². The summed E-state index contributed by atoms with van der Waals surface area (Å²) in [5.41, 5.74) is 1.73. The zero-order chi connectivity index (χ0) is 13.7. The molecule has 18 heavy (non-hydrogen) atoms. The number of methoxy groups -OCH3 is 2. The highest BCUT2D eigenvalue weighted by atomic mass is 16.5. The van der Waals surface area contributed by atoms with E-state index in [4.69, 9.17) is 14.6 Å². The van der Waals surface area contributed by atoms with Gasteiger partial charge in [0.05, 0.1) is 20.6 Å². The quantitative estimate of drug-likeness (QED) is 0.808. The molecule has 5 heteroatoms. The van der Waals surface area contributed by atoms with Crippen LogP contribution in [0.1, 0.15) is 23.6 Å². The first-order chi connectivity index (χ1) is 8.53. The van der Waals surface area contributed by atoms with Crippen LogP contribution in [-0.2, 0) is 4.79 Å². The average Bonchev–Trinajstić information content (AvgIpc) is 2.35. The van der Waals surface area contributed by atoms with Gasteiger partial charge in [-0.15, -0.1) is 0 Å². The SMILES string of the molecule is CNC(CC(=O)O)c1cc(OC)c(C)cc1OC. The second-order valence-corrected chi connectivity index (χ2v) is 4.00. The maximum Gasteiger partial charge on any atom is 0.305 e. The Kier molecular flexibility index (Phi) is 4.97. The van der Waals surface area contributed by atoms with Crippen LogP contribution in [0, 0.1) is 6.92 Å². The van der Waals surface area contributed by atoms with E-state index in [2.05, 4.69) is 5.32 Å². The van der Waals surface area contributed by atoms with Crippen LogP contribution in [0.5, 0.6) is 11.5 Å². The summed E-state index contributed by atoms with van der Waals surface area (Å²) in [6, 6.07) is 3.35. The summed E-state index contributed by atoms with van der Waals surface area (Å²) in [4.78, 5) is 10.9. The van der Waals surface area contributed by atoms with E-state index >= 15 is 0 Å². The molecule has 0 bridgehead atoms. The number of hydrogen-bond acceptors (Lipinski definition) is 4. The third-order valence-electron chi connectivity index (χ3n) is 2.85. The highest BCUT2D eigenvalue weighted by Crippen LogP contribution is 2.33. The molecule has 0 fully saturated rings. The second kappa shape index (κ2) is 6.26. The van der Waals surface area contributed by atoms with Gasteiger partial charge in [0.25, 0.3) is 0 Å². The number of aliphatic carboxylic acids is 1. The van der Waals surface area contributed by atoms with Crippen LogP contribution in [-0.4, -0.2) is 32.3 Å². The molecule has 5 nitrogen and oxygen atoms in total. The molecule has 1 unspecified atom stereocenters. The van der Waals surface area contributed by atoms with E-state index in [0.29, 0.717) is 5.75 Å². The Balaban J connectivity index is 3.22. The van der Waals surface area contributed by atoms with Crippen molar-refractivity contribution >= 4 is 5.97 Å². The molecule has 100 valence electrons. The van der Waals surface area contributed by atoms with Crippen LogP contribution >= 0.6 is 0 Å². The Morgan fingerprint density at radius 2 is 1.94 bits per heavy atom. The third kappa shape index (κ3) is 3.13. The number of hydrogen-bond donors (Lipinski definition) is 2. The predicted molar refractivity (Wildman–Crippen MR) is 68.3 cm³/mol. The molecule has 1 aromatic rings. The van der Waals surface area contributed by atoms with Crippen molar-refractivity contribution in [3.05, 3.63) is 23.3 Å². The molecule has 1 atom stereocenters. The van der Waals surface area contributed by atoms with Gasteiger partial charge in [0, 0.05) is 11.6 Å². The van der Waals surface area contributed by atoms with E-state index in [0.717, 1.165) is 16.9 Å². The van der Waals surface area contributed by atoms with Gasteiger partial charge >= 0.3 is 5.97 Å². The molecule has 0 radical (unpaired) electrons. The molecule has 0 saturated heterocycles. The minimum absolute atomic E-state index is 0.0148. The molecule has 0 aliphatic carbocycles. The van der Waals surface area contributed by atoms with Crippen molar-refractivity contribution in [2.24, 2.45) is 0 Å². The number of nitrogens with one attached hydrogen (secondary N) is 1. The van der Waals surface area contributed by atoms with Gasteiger partial charge in [0.2, 0.25) is 0 Å². The maximum absolute atomic E-state index is 10.9. The van der Waals surface area contributed by atoms with E-state index in [1.165, 1.54) is 0 Å². The van der Waals surface area contributed by atoms with E-state index in [9.17, 15) is 4.79 Å². The molecule has 1 aromatic carbocycles. The third-order valence-corrected chi connectivity index (χ3v) is 2.85. The van der Waals surface area contributed by atoms with E-state index < -0.39 is 5.97 Å². The molecular weight excluding hydrogens is 234 g/mol. The normalized spacial score (nSPS) is 12.0. The summed E-state index contributed by atoms with van der Waals surface area (Å²) < 4.78 is 10.6. The Hall–Kier alpha value is -1.75. The Bertz CT molecular complexity index is 431. The second-order valence-electron chi connectivity index (χ2n) is 4.00. The monoisotopic (exact) mass is 253 g/mol. The fraction of sp³-hybridized carbons (Fsp3) is 0.462. The Labute approximate surface area is 107 Å². The van der Waals surface area contributed by atoms with Crippen molar-refractivity contribution in [2.45, 2.75) is 19.4 Å². The van der Waals surface area contributed by atoms with Crippen molar-refractivity contribution in [3.63, 3.8) is 0 Å². The fourth-order valence-electron chi connectivity index (χ4n) is 1.89. The lowest BCUT2D eigenvalue weighted by Crippen LogP contribution is -2.20. The highest BCUT2D eigenvalue weighted by Gasteiger charge is 2.19. The topological polar surface area (TPSA) is 67.8 Å². The minimum Gasteiger partial charge on any atom is -0.496 e. The molecule has 1 rings (SSSR count). The summed E-state index contributed by atoms with van der Waals surface area (Å²) in [5, 5.41) is 11.9. The summed E-state index contributed by atoms with van der Waals surface area (Å²) in [6.45, 7) is 1.91. The van der Waals surface area contributed by atoms with E-state index in [1.807, 2.05) is 19.1 Å². The number of ether oxygens (including phenoxy) is 2. The largest absolute Gasteiger partial charge is 0.496 e. The first-order valence-corrected chi connectivity index (χ1v) is 5.65. The van der Waals surface area contributed by atoms with Gasteiger partial charge in [-0.25, -0.2) is 0 Å². The smallest absolute Gasteiger partial charge is 0.305 e. The molecule has 0 heterocycles. The summed E-state index contributed by atoms with van der Waals surface area (Å²) in [7, 11) is 4.88. The standard InChI is InChI=1S/C13H19NO4/c1-8-5-12(18-4)9(6-11(8)17-3)10(14-2)7-13(15)16/h5-6,10,14H,7H2,1-4H3,(H,15,16). The Morgan fingerprint density at radius 3 is 2.39 bits per heavy atom. The number of rotatable bonds is 6. The lowest BCUT2D eigenvalue weighted by Gasteiger charge is -2.19. The van der Waals surface area contributed by atoms with Gasteiger partial charge in [0.1, 0.15) is 11.5 Å². The zero-order valence-corrected chi connectivity index (χ0v) is 11.1. The first-order valence-electron chi connectivity index (χ1n) is 5.65. The lowest BCUT2D eigenvalue weighted by molar-refractivity contribution is -0.137. The molecule has 0 aliphatic rings. The maximum atomic E-state index is 10.9. The number of benzene rings is 1. The van der Waals surface area contributed by atoms with Crippen molar-refractivity contribution in [3.8, 4) is 11.5 Å². The van der Waals surface area contributed by atoms with E-state index in [-0.39, 0.29) is 12.5 Å². The van der Waals surface area contributed by atoms with Gasteiger partial charge in [0.15, 0.2) is 0 Å². The molecule has 2 N–H and O–H groups in total. The van der Waals surface area contributed by atoms with Crippen LogP contribution in [0.4, 0.5) is 0 Å². The minimum atomic E-state index is -0.865. The summed E-state index contributed by atoms with van der Waals surface area (Å²) >= 11 is 0. The van der Waals surface area contributed by atoms with Gasteiger partial charge in [-0.3, -0.25) is 4.79 Å². The average molecular weight is 253 g/mol. The van der Waals surface area contributed by atoms with Gasteiger partial charge in [-0.1, -0.05) is 0 Å². The van der Waals surface area contributed by atoms with E-state index in [1.54, 1.807) is 21.3 Å². The van der Waals surface area contributed by atoms with Crippen molar-refractivity contribution in [1.82, 2.24) is 5.32 Å². The highest BCUT2D eigenvalue weighted by molar-refractivity contribution is 5.68. The molecule has 0 saturated carbocycles. The van der Waals surface area contributed by atoms with Crippen LogP contribution in [0.3, 0.4) is 0 Å². The number of carboxylic acid groups (broad SMARTS) is 1. The predicted octanol–water partition coefficient (Wildman–Crippen LogP) is 1.75. The van der Waals surface area contributed by atoms with Crippen LogP contribution in [0.2, 0.25) is 0 Å². The number of carbonyl (C=O) groups is 1. The molecule has 0 amide bonds. The van der Waals surface area contributed by atoms with Crippen LogP contribution in [0.15, 0.2) is 12.1 Å². The first kappa shape index (κ1) is 14.3. The van der Waals surface area contributed by atoms with Crippen LogP contribution in [0.25, 0.3) is 0 Å². The number of aryl methyl sites for hydroxylation is 1. The van der Waals surface area contributed by atoms with Gasteiger partial charge in [-0.05, 0) is 31.7 Å². The lowest BCUT2D eigenvalue weighted by atomic mass is 10.0. The molecular formula is C13H19NO4. The fourth-order valence-corrected chi connectivity index (χ4v) is 1.89. The zero-order valence-electron chi connectivity index (χ0n) is 11.1. The van der Waals surface area contributed by atoms with Gasteiger partial charge < -0.3 is 19.9 Å². The summed E-state index contributed by atoms with van der Waals surface area (Å²) in [6.07, 6.45) is -0.0148. The molecule has 0 aliphatic heterocycles. The number of carboxylic acids is 1. The van der Waals surface area contributed by atoms with Crippen molar-refractivity contribution in [1.29, 1.82) is 0 Å². The van der Waals surface area contributed by atoms with Gasteiger partial charge in [-0.2, -0.15) is 0 Å². The van der Waals surface area contributed by atoms with Crippen molar-refractivity contribution < 1.29 is 19.4 Å².